The molecule has 298 valence electrons. The number of aromatic nitrogens is 3. The normalized spacial score (nSPS) is 11.8. The van der Waals surface area contributed by atoms with Gasteiger partial charge in [-0.3, -0.25) is 0 Å². The number of hydrogen-bond donors (Lipinski definition) is 0. The first kappa shape index (κ1) is 36.5. The third kappa shape index (κ3) is 6.03. The molecule has 0 N–H and O–H groups in total. The Balaban J connectivity index is 0.982. The molecule has 64 heavy (non-hydrogen) atoms. The molecule has 4 heteroatoms. The number of benzene rings is 10. The van der Waals surface area contributed by atoms with E-state index in [2.05, 4.69) is 229 Å². The van der Waals surface area contributed by atoms with Crippen LogP contribution in [0.3, 0.4) is 0 Å². The van der Waals surface area contributed by atoms with Crippen molar-refractivity contribution in [1.82, 2.24) is 14.5 Å². The molecule has 0 atom stereocenters. The van der Waals surface area contributed by atoms with Crippen molar-refractivity contribution < 1.29 is 0 Å². The number of thiophene rings is 1. The highest BCUT2D eigenvalue weighted by atomic mass is 32.1. The van der Waals surface area contributed by atoms with E-state index in [1.807, 2.05) is 11.3 Å². The van der Waals surface area contributed by atoms with E-state index in [0.717, 1.165) is 28.1 Å². The summed E-state index contributed by atoms with van der Waals surface area (Å²) >= 11 is 1.83. The topological polar surface area (TPSA) is 30.7 Å². The van der Waals surface area contributed by atoms with Crippen LogP contribution < -0.4 is 0 Å². The molecular weight excluding hydrogens is 795 g/mol. The van der Waals surface area contributed by atoms with Crippen LogP contribution in [0.15, 0.2) is 224 Å². The zero-order valence-corrected chi connectivity index (χ0v) is 35.4. The van der Waals surface area contributed by atoms with Crippen molar-refractivity contribution >= 4 is 74.9 Å². The zero-order chi connectivity index (χ0) is 42.1. The molecule has 0 aliphatic heterocycles. The highest BCUT2D eigenvalue weighted by Gasteiger charge is 2.20. The van der Waals surface area contributed by atoms with E-state index in [0.29, 0.717) is 5.82 Å². The molecule has 0 radical (unpaired) electrons. The Bertz CT molecular complexity index is 3940. The van der Waals surface area contributed by atoms with Crippen molar-refractivity contribution in [2.24, 2.45) is 0 Å². The molecule has 0 bridgehead atoms. The molecular formula is C60H37N3S. The lowest BCUT2D eigenvalue weighted by atomic mass is 10.0. The fraction of sp³-hybridized carbons (Fsp3) is 0. The molecule has 0 spiro atoms. The average molecular weight is 832 g/mol. The minimum atomic E-state index is 0.705. The minimum absolute atomic E-state index is 0.705. The van der Waals surface area contributed by atoms with Gasteiger partial charge in [-0.1, -0.05) is 176 Å². The molecule has 0 saturated heterocycles. The van der Waals surface area contributed by atoms with Crippen LogP contribution in [0.4, 0.5) is 0 Å². The predicted octanol–water partition coefficient (Wildman–Crippen LogP) is 16.6. The Labute approximate surface area is 373 Å². The molecule has 13 rings (SSSR count). The Kier molecular flexibility index (Phi) is 8.40. The lowest BCUT2D eigenvalue weighted by Crippen LogP contribution is -1.96. The van der Waals surface area contributed by atoms with E-state index in [4.69, 9.17) is 9.97 Å². The SMILES string of the molecule is c1ccc(-c2ccc(-c3cc(-c4ccc5ccccc5c4)nc(-c4ccc5c(c4)sc4cccc(-n6c7ccc(-c8ccccc8)cc7c7c8ccccc8ccc76)c45)n3)cc2)cc1. The van der Waals surface area contributed by atoms with Gasteiger partial charge in [0.1, 0.15) is 0 Å². The van der Waals surface area contributed by atoms with E-state index >= 15 is 0 Å². The van der Waals surface area contributed by atoms with Gasteiger partial charge in [0.25, 0.3) is 0 Å². The van der Waals surface area contributed by atoms with Crippen LogP contribution in [-0.2, 0) is 0 Å². The molecule has 0 saturated carbocycles. The number of fused-ring (bicyclic) bond motifs is 9. The smallest absolute Gasteiger partial charge is 0.160 e. The van der Waals surface area contributed by atoms with Gasteiger partial charge in [0.15, 0.2) is 5.82 Å². The number of rotatable bonds is 6. The summed E-state index contributed by atoms with van der Waals surface area (Å²) in [5.41, 5.74) is 13.2. The highest BCUT2D eigenvalue weighted by molar-refractivity contribution is 7.26. The summed E-state index contributed by atoms with van der Waals surface area (Å²) in [6.45, 7) is 0. The number of hydrogen-bond acceptors (Lipinski definition) is 3. The molecule has 3 heterocycles. The fourth-order valence-electron chi connectivity index (χ4n) is 9.68. The van der Waals surface area contributed by atoms with Crippen molar-refractivity contribution in [3.8, 4) is 61.8 Å². The first-order valence-electron chi connectivity index (χ1n) is 21.7. The van der Waals surface area contributed by atoms with Crippen molar-refractivity contribution in [2.75, 3.05) is 0 Å². The molecule has 0 aliphatic carbocycles. The van der Waals surface area contributed by atoms with Crippen LogP contribution in [0, 0.1) is 0 Å². The van der Waals surface area contributed by atoms with Gasteiger partial charge < -0.3 is 4.57 Å². The second kappa shape index (κ2) is 14.7. The summed E-state index contributed by atoms with van der Waals surface area (Å²) in [5, 5.41) is 9.89. The molecule has 0 fully saturated rings. The summed E-state index contributed by atoms with van der Waals surface area (Å²) in [4.78, 5) is 10.6. The quantitative estimate of drug-likeness (QED) is 0.167. The molecule has 0 unspecified atom stereocenters. The van der Waals surface area contributed by atoms with E-state index in [9.17, 15) is 0 Å². The van der Waals surface area contributed by atoms with Gasteiger partial charge in [-0.05, 0) is 92.3 Å². The molecule has 0 amide bonds. The lowest BCUT2D eigenvalue weighted by Gasteiger charge is -2.12. The monoisotopic (exact) mass is 831 g/mol. The first-order valence-corrected chi connectivity index (χ1v) is 22.5. The van der Waals surface area contributed by atoms with Gasteiger partial charge in [0.05, 0.1) is 28.1 Å². The Hall–Kier alpha value is -8.18. The summed E-state index contributed by atoms with van der Waals surface area (Å²) in [5.74, 6) is 0.705. The predicted molar refractivity (Wildman–Crippen MR) is 271 cm³/mol. The molecule has 0 aliphatic rings. The van der Waals surface area contributed by atoms with Crippen LogP contribution in [-0.4, -0.2) is 14.5 Å². The Morgan fingerprint density at radius 1 is 0.312 bits per heavy atom. The van der Waals surface area contributed by atoms with Crippen molar-refractivity contribution in [3.63, 3.8) is 0 Å². The van der Waals surface area contributed by atoms with E-state index in [1.54, 1.807) is 0 Å². The van der Waals surface area contributed by atoms with Gasteiger partial charge in [-0.2, -0.15) is 0 Å². The van der Waals surface area contributed by atoms with Gasteiger partial charge in [0.2, 0.25) is 0 Å². The summed E-state index contributed by atoms with van der Waals surface area (Å²) < 4.78 is 4.93. The van der Waals surface area contributed by atoms with Gasteiger partial charge in [-0.25, -0.2) is 9.97 Å². The zero-order valence-electron chi connectivity index (χ0n) is 34.6. The maximum absolute atomic E-state index is 5.30. The molecule has 10 aromatic carbocycles. The largest absolute Gasteiger partial charge is 0.309 e. The van der Waals surface area contributed by atoms with Crippen molar-refractivity contribution in [2.45, 2.75) is 0 Å². The summed E-state index contributed by atoms with van der Waals surface area (Å²) in [6.07, 6.45) is 0. The van der Waals surface area contributed by atoms with E-state index in [1.165, 1.54) is 91.5 Å². The first-order chi connectivity index (χ1) is 31.7. The van der Waals surface area contributed by atoms with Gasteiger partial charge >= 0.3 is 0 Å². The van der Waals surface area contributed by atoms with Gasteiger partial charge in [0, 0.05) is 47.6 Å². The summed E-state index contributed by atoms with van der Waals surface area (Å²) in [6, 6.07) is 81.0. The Morgan fingerprint density at radius 2 is 0.922 bits per heavy atom. The number of nitrogens with zero attached hydrogens (tertiary/aromatic N) is 3. The third-order valence-corrected chi connectivity index (χ3v) is 13.9. The van der Waals surface area contributed by atoms with Gasteiger partial charge in [-0.15, -0.1) is 11.3 Å². The maximum atomic E-state index is 5.30. The third-order valence-electron chi connectivity index (χ3n) is 12.8. The summed E-state index contributed by atoms with van der Waals surface area (Å²) in [7, 11) is 0. The molecule has 3 aromatic heterocycles. The van der Waals surface area contributed by atoms with E-state index < -0.39 is 0 Å². The van der Waals surface area contributed by atoms with E-state index in [-0.39, 0.29) is 0 Å². The maximum Gasteiger partial charge on any atom is 0.160 e. The van der Waals surface area contributed by atoms with Crippen LogP contribution >= 0.6 is 11.3 Å². The molecule has 13 aromatic rings. The van der Waals surface area contributed by atoms with Crippen LogP contribution in [0.2, 0.25) is 0 Å². The minimum Gasteiger partial charge on any atom is -0.309 e. The lowest BCUT2D eigenvalue weighted by molar-refractivity contribution is 1.19. The Morgan fingerprint density at radius 3 is 1.73 bits per heavy atom. The second-order valence-corrected chi connectivity index (χ2v) is 17.6. The highest BCUT2D eigenvalue weighted by Crippen LogP contribution is 2.44. The second-order valence-electron chi connectivity index (χ2n) is 16.5. The molecule has 3 nitrogen and oxygen atoms in total. The standard InChI is InChI=1S/C60H37N3S/c1-3-12-38(13-4-1)41-22-25-43(26-23-41)51-37-52(46-27-24-40-16-7-8-18-44(40)34-46)62-60(61-51)47-28-31-49-57(36-47)64-56-21-11-20-54(59(49)56)63-53-32-30-45(39-14-5-2-6-15-39)35-50(53)58-48-19-10-9-17-42(48)29-33-55(58)63/h1-37H. The van der Waals surface area contributed by atoms with Crippen molar-refractivity contribution in [1.29, 1.82) is 0 Å². The van der Waals surface area contributed by atoms with Crippen LogP contribution in [0.25, 0.3) is 125 Å². The average Bonchev–Trinajstić information content (AvgIpc) is 3.92. The van der Waals surface area contributed by atoms with Crippen LogP contribution in [0.1, 0.15) is 0 Å². The van der Waals surface area contributed by atoms with Crippen LogP contribution in [0.5, 0.6) is 0 Å². The fourth-order valence-corrected chi connectivity index (χ4v) is 10.8. The van der Waals surface area contributed by atoms with Crippen molar-refractivity contribution in [3.05, 3.63) is 224 Å².